The van der Waals surface area contributed by atoms with Crippen molar-refractivity contribution in [1.29, 1.82) is 0 Å². The monoisotopic (exact) mass is 389 g/mol. The first-order valence-corrected chi connectivity index (χ1v) is 8.63. The van der Waals surface area contributed by atoms with E-state index in [0.29, 0.717) is 12.3 Å². The highest BCUT2D eigenvalue weighted by Gasteiger charge is 2.19. The molecule has 0 aliphatic carbocycles. The highest BCUT2D eigenvalue weighted by molar-refractivity contribution is 9.10. The zero-order valence-corrected chi connectivity index (χ0v) is 14.5. The molecule has 0 atom stereocenters. The smallest absolute Gasteiger partial charge is 0.244 e. The predicted octanol–water partition coefficient (Wildman–Crippen LogP) is 1.64. The molecule has 0 saturated carbocycles. The molecule has 0 unspecified atom stereocenters. The van der Waals surface area contributed by atoms with Crippen molar-refractivity contribution in [2.75, 3.05) is 20.8 Å². The summed E-state index contributed by atoms with van der Waals surface area (Å²) in [5.41, 5.74) is 0. The van der Waals surface area contributed by atoms with Crippen molar-refractivity contribution >= 4 is 26.0 Å². The molecule has 0 aliphatic heterocycles. The molecule has 2 rings (SSSR count). The van der Waals surface area contributed by atoms with E-state index in [0.717, 1.165) is 4.47 Å². The Bertz CT molecular complexity index is 745. The molecule has 22 heavy (non-hydrogen) atoms. The minimum atomic E-state index is -3.67. The number of nitrogens with one attached hydrogen (secondary N) is 1. The quantitative estimate of drug-likeness (QED) is 0.778. The summed E-state index contributed by atoms with van der Waals surface area (Å²) in [7, 11) is -0.760. The van der Waals surface area contributed by atoms with Gasteiger partial charge in [-0.2, -0.15) is 5.10 Å². The summed E-state index contributed by atoms with van der Waals surface area (Å²) >= 11 is 3.28. The summed E-state index contributed by atoms with van der Waals surface area (Å²) in [5, 5.41) is 4.06. The third-order valence-electron chi connectivity index (χ3n) is 2.90. The molecule has 0 saturated heterocycles. The number of hydrogen-bond donors (Lipinski definition) is 1. The van der Waals surface area contributed by atoms with Gasteiger partial charge >= 0.3 is 0 Å². The van der Waals surface area contributed by atoms with Crippen LogP contribution in [0.25, 0.3) is 0 Å². The second-order valence-corrected chi connectivity index (χ2v) is 6.99. The van der Waals surface area contributed by atoms with Gasteiger partial charge in [-0.05, 0) is 28.1 Å². The fourth-order valence-corrected chi connectivity index (χ4v) is 3.33. The van der Waals surface area contributed by atoms with Crippen molar-refractivity contribution < 1.29 is 17.9 Å². The largest absolute Gasteiger partial charge is 0.497 e. The van der Waals surface area contributed by atoms with Crippen LogP contribution in [0.4, 0.5) is 0 Å². The van der Waals surface area contributed by atoms with E-state index < -0.39 is 10.0 Å². The SMILES string of the molecule is COc1ccc(S(=O)(=O)NCCn2cc(Br)cn2)c(OC)c1. The standard InChI is InChI=1S/C13H16BrN3O4S/c1-20-11-3-4-13(12(7-11)21-2)22(18,19)16-5-6-17-9-10(14)8-15-17/h3-4,7-9,16H,5-6H2,1-2H3. The van der Waals surface area contributed by atoms with Gasteiger partial charge in [0.05, 0.1) is 31.4 Å². The van der Waals surface area contributed by atoms with Gasteiger partial charge in [-0.3, -0.25) is 4.68 Å². The molecule has 120 valence electrons. The lowest BCUT2D eigenvalue weighted by Crippen LogP contribution is -2.28. The van der Waals surface area contributed by atoms with Gasteiger partial charge in [0.15, 0.2) is 0 Å². The number of ether oxygens (including phenoxy) is 2. The van der Waals surface area contributed by atoms with Gasteiger partial charge in [-0.15, -0.1) is 0 Å². The van der Waals surface area contributed by atoms with Gasteiger partial charge in [-0.25, -0.2) is 13.1 Å². The Morgan fingerprint density at radius 1 is 1.32 bits per heavy atom. The number of sulfonamides is 1. The summed E-state index contributed by atoms with van der Waals surface area (Å²) in [6, 6.07) is 4.55. The molecule has 1 heterocycles. The molecule has 0 spiro atoms. The van der Waals surface area contributed by atoms with Gasteiger partial charge in [0, 0.05) is 18.8 Å². The second-order valence-electron chi connectivity index (χ2n) is 4.34. The summed E-state index contributed by atoms with van der Waals surface area (Å²) in [6.07, 6.45) is 3.41. The van der Waals surface area contributed by atoms with Crippen LogP contribution in [0, 0.1) is 0 Å². The molecule has 7 nitrogen and oxygen atoms in total. The van der Waals surface area contributed by atoms with Gasteiger partial charge < -0.3 is 9.47 Å². The Morgan fingerprint density at radius 3 is 2.68 bits per heavy atom. The first-order chi connectivity index (χ1) is 10.5. The van der Waals surface area contributed by atoms with Crippen LogP contribution < -0.4 is 14.2 Å². The fraction of sp³-hybridized carbons (Fsp3) is 0.308. The third-order valence-corrected chi connectivity index (χ3v) is 4.80. The third kappa shape index (κ3) is 3.99. The molecule has 9 heteroatoms. The summed E-state index contributed by atoms with van der Waals surface area (Å²) in [5.74, 6) is 0.755. The maximum atomic E-state index is 12.3. The highest BCUT2D eigenvalue weighted by Crippen LogP contribution is 2.28. The van der Waals surface area contributed by atoms with E-state index in [1.165, 1.54) is 26.4 Å². The number of benzene rings is 1. The van der Waals surface area contributed by atoms with Crippen LogP contribution >= 0.6 is 15.9 Å². The number of rotatable bonds is 7. The molecule has 0 bridgehead atoms. The number of methoxy groups -OCH3 is 2. The first kappa shape index (κ1) is 16.8. The molecule has 1 aromatic heterocycles. The predicted molar refractivity (Wildman–Crippen MR) is 84.7 cm³/mol. The Hall–Kier alpha value is -1.58. The van der Waals surface area contributed by atoms with Gasteiger partial charge in [-0.1, -0.05) is 0 Å². The lowest BCUT2D eigenvalue weighted by molar-refractivity contribution is 0.386. The number of aromatic nitrogens is 2. The van der Waals surface area contributed by atoms with E-state index in [1.54, 1.807) is 23.1 Å². The number of halogens is 1. The van der Waals surface area contributed by atoms with Crippen LogP contribution in [0.5, 0.6) is 11.5 Å². The maximum absolute atomic E-state index is 12.3. The zero-order valence-electron chi connectivity index (χ0n) is 12.1. The molecule has 0 radical (unpaired) electrons. The topological polar surface area (TPSA) is 82.5 Å². The van der Waals surface area contributed by atoms with E-state index in [1.807, 2.05) is 0 Å². The molecular formula is C13H16BrN3O4S. The Labute approximate surface area is 137 Å². The van der Waals surface area contributed by atoms with E-state index >= 15 is 0 Å². The fourth-order valence-electron chi connectivity index (χ4n) is 1.83. The zero-order chi connectivity index (χ0) is 16.2. The average Bonchev–Trinajstić information content (AvgIpc) is 2.91. The lowest BCUT2D eigenvalue weighted by Gasteiger charge is -2.12. The van der Waals surface area contributed by atoms with Crippen LogP contribution in [-0.2, 0) is 16.6 Å². The van der Waals surface area contributed by atoms with E-state index in [4.69, 9.17) is 9.47 Å². The molecule has 0 aliphatic rings. The Morgan fingerprint density at radius 2 is 2.09 bits per heavy atom. The number of nitrogens with zero attached hydrogens (tertiary/aromatic N) is 2. The van der Waals surface area contributed by atoms with Crippen molar-refractivity contribution in [3.63, 3.8) is 0 Å². The van der Waals surface area contributed by atoms with Gasteiger partial charge in [0.1, 0.15) is 16.4 Å². The maximum Gasteiger partial charge on any atom is 0.244 e. The van der Waals surface area contributed by atoms with E-state index in [-0.39, 0.29) is 17.2 Å². The van der Waals surface area contributed by atoms with Crippen molar-refractivity contribution in [1.82, 2.24) is 14.5 Å². The van der Waals surface area contributed by atoms with Crippen molar-refractivity contribution in [3.8, 4) is 11.5 Å². The van der Waals surface area contributed by atoms with Crippen LogP contribution in [-0.4, -0.2) is 39.0 Å². The minimum Gasteiger partial charge on any atom is -0.497 e. The molecule has 1 aromatic carbocycles. The van der Waals surface area contributed by atoms with Crippen molar-refractivity contribution in [2.45, 2.75) is 11.4 Å². The van der Waals surface area contributed by atoms with Crippen LogP contribution in [0.3, 0.4) is 0 Å². The van der Waals surface area contributed by atoms with Gasteiger partial charge in [0.2, 0.25) is 10.0 Å². The summed E-state index contributed by atoms with van der Waals surface area (Å²) < 4.78 is 39.8. The van der Waals surface area contributed by atoms with Crippen LogP contribution in [0.15, 0.2) is 40.0 Å². The molecule has 0 fully saturated rings. The average molecular weight is 390 g/mol. The van der Waals surface area contributed by atoms with Crippen LogP contribution in [0.1, 0.15) is 0 Å². The first-order valence-electron chi connectivity index (χ1n) is 6.36. The molecule has 1 N–H and O–H groups in total. The van der Waals surface area contributed by atoms with E-state index in [2.05, 4.69) is 25.8 Å². The molecule has 2 aromatic rings. The van der Waals surface area contributed by atoms with Crippen molar-refractivity contribution in [2.24, 2.45) is 0 Å². The lowest BCUT2D eigenvalue weighted by atomic mass is 10.3. The highest BCUT2D eigenvalue weighted by atomic mass is 79.9. The minimum absolute atomic E-state index is 0.0671. The summed E-state index contributed by atoms with van der Waals surface area (Å²) in [4.78, 5) is 0.0671. The van der Waals surface area contributed by atoms with Crippen molar-refractivity contribution in [3.05, 3.63) is 35.1 Å². The van der Waals surface area contributed by atoms with E-state index in [9.17, 15) is 8.42 Å². The van der Waals surface area contributed by atoms with Gasteiger partial charge in [0.25, 0.3) is 0 Å². The molecule has 0 amide bonds. The summed E-state index contributed by atoms with van der Waals surface area (Å²) in [6.45, 7) is 0.634. The molecular weight excluding hydrogens is 374 g/mol. The Kier molecular flexibility index (Phi) is 5.43. The normalized spacial score (nSPS) is 11.4. The Balaban J connectivity index is 2.09. The number of hydrogen-bond acceptors (Lipinski definition) is 5. The van der Waals surface area contributed by atoms with Crippen LogP contribution in [0.2, 0.25) is 0 Å². The second kappa shape index (κ2) is 7.12.